The van der Waals surface area contributed by atoms with E-state index in [0.717, 1.165) is 11.1 Å². The largest absolute Gasteiger partial charge is 0.496 e. The van der Waals surface area contributed by atoms with Gasteiger partial charge in [0.05, 0.1) is 25.5 Å². The van der Waals surface area contributed by atoms with E-state index >= 15 is 0 Å². The highest BCUT2D eigenvalue weighted by Crippen LogP contribution is 2.30. The summed E-state index contributed by atoms with van der Waals surface area (Å²) in [5.41, 5.74) is 8.79. The lowest BCUT2D eigenvalue weighted by molar-refractivity contribution is 0.0815. The van der Waals surface area contributed by atoms with E-state index in [-0.39, 0.29) is 5.78 Å². The second-order valence-electron chi connectivity index (χ2n) is 5.69. The molecule has 0 fully saturated rings. The molecule has 2 aromatic rings. The average Bonchev–Trinajstić information content (AvgIpc) is 2.56. The van der Waals surface area contributed by atoms with Gasteiger partial charge in [0.15, 0.2) is 6.10 Å². The second-order valence-corrected chi connectivity index (χ2v) is 5.69. The van der Waals surface area contributed by atoms with E-state index in [1.54, 1.807) is 32.2 Å². The SMILES string of the molecule is COc1cc(C(=O)C(C)Oc2ccc(C)cc2N)c(OC)cc1C. The van der Waals surface area contributed by atoms with Gasteiger partial charge in [-0.2, -0.15) is 0 Å². The molecule has 0 heterocycles. The van der Waals surface area contributed by atoms with Crippen LogP contribution in [0.4, 0.5) is 5.69 Å². The number of Topliss-reactive ketones (excluding diaryl/α,β-unsaturated/α-hetero) is 1. The summed E-state index contributed by atoms with van der Waals surface area (Å²) in [7, 11) is 3.09. The highest BCUT2D eigenvalue weighted by molar-refractivity contribution is 6.02. The van der Waals surface area contributed by atoms with Gasteiger partial charge in [-0.15, -0.1) is 0 Å². The number of ketones is 1. The van der Waals surface area contributed by atoms with Crippen molar-refractivity contribution in [2.45, 2.75) is 26.9 Å². The Balaban J connectivity index is 2.30. The van der Waals surface area contributed by atoms with E-state index in [1.807, 2.05) is 26.0 Å². The van der Waals surface area contributed by atoms with Crippen LogP contribution in [0.25, 0.3) is 0 Å². The zero-order valence-electron chi connectivity index (χ0n) is 14.7. The summed E-state index contributed by atoms with van der Waals surface area (Å²) in [5.74, 6) is 1.40. The number of rotatable bonds is 6. The Hall–Kier alpha value is -2.69. The van der Waals surface area contributed by atoms with Gasteiger partial charge in [0.25, 0.3) is 0 Å². The molecule has 1 atom stereocenters. The van der Waals surface area contributed by atoms with Gasteiger partial charge in [-0.25, -0.2) is 0 Å². The topological polar surface area (TPSA) is 70.8 Å². The normalized spacial score (nSPS) is 11.7. The first-order chi connectivity index (χ1) is 11.4. The van der Waals surface area contributed by atoms with Crippen molar-refractivity contribution < 1.29 is 19.0 Å². The number of nitrogen functional groups attached to an aromatic ring is 1. The number of nitrogens with two attached hydrogens (primary N) is 1. The van der Waals surface area contributed by atoms with Crippen LogP contribution in [0.1, 0.15) is 28.4 Å². The Kier molecular flexibility index (Phi) is 5.34. The predicted octanol–water partition coefficient (Wildman–Crippen LogP) is 3.55. The fourth-order valence-corrected chi connectivity index (χ4v) is 2.48. The molecule has 2 aromatic carbocycles. The molecule has 0 saturated heterocycles. The smallest absolute Gasteiger partial charge is 0.206 e. The average molecular weight is 329 g/mol. The van der Waals surface area contributed by atoms with Crippen molar-refractivity contribution in [3.63, 3.8) is 0 Å². The van der Waals surface area contributed by atoms with Crippen LogP contribution in [0.2, 0.25) is 0 Å². The van der Waals surface area contributed by atoms with Crippen molar-refractivity contribution in [1.82, 2.24) is 0 Å². The first-order valence-corrected chi connectivity index (χ1v) is 7.67. The Labute approximate surface area is 142 Å². The van der Waals surface area contributed by atoms with E-state index in [2.05, 4.69) is 0 Å². The summed E-state index contributed by atoms with van der Waals surface area (Å²) in [4.78, 5) is 12.8. The molecule has 24 heavy (non-hydrogen) atoms. The lowest BCUT2D eigenvalue weighted by Crippen LogP contribution is -2.25. The minimum Gasteiger partial charge on any atom is -0.496 e. The van der Waals surface area contributed by atoms with Crippen LogP contribution >= 0.6 is 0 Å². The van der Waals surface area contributed by atoms with Crippen molar-refractivity contribution in [1.29, 1.82) is 0 Å². The number of carbonyl (C=O) groups excluding carboxylic acids is 1. The minimum atomic E-state index is -0.712. The number of benzene rings is 2. The molecule has 128 valence electrons. The molecule has 5 heteroatoms. The van der Waals surface area contributed by atoms with Crippen LogP contribution in [-0.2, 0) is 0 Å². The van der Waals surface area contributed by atoms with Gasteiger partial charge < -0.3 is 19.9 Å². The summed E-state index contributed by atoms with van der Waals surface area (Å²) in [6.45, 7) is 5.52. The van der Waals surface area contributed by atoms with Crippen LogP contribution in [0, 0.1) is 13.8 Å². The van der Waals surface area contributed by atoms with E-state index in [0.29, 0.717) is 28.5 Å². The molecule has 0 saturated carbocycles. The number of aryl methyl sites for hydroxylation is 2. The number of carbonyl (C=O) groups is 1. The van der Waals surface area contributed by atoms with Crippen molar-refractivity contribution in [3.05, 3.63) is 47.0 Å². The number of methoxy groups -OCH3 is 2. The quantitative estimate of drug-likeness (QED) is 0.648. The maximum Gasteiger partial charge on any atom is 0.206 e. The van der Waals surface area contributed by atoms with Gasteiger partial charge in [-0.3, -0.25) is 4.79 Å². The third kappa shape index (κ3) is 3.62. The number of hydrogen-bond donors (Lipinski definition) is 1. The molecule has 0 aliphatic rings. The summed E-state index contributed by atoms with van der Waals surface area (Å²) in [5, 5.41) is 0. The van der Waals surface area contributed by atoms with Crippen molar-refractivity contribution >= 4 is 11.5 Å². The fourth-order valence-electron chi connectivity index (χ4n) is 2.48. The number of anilines is 1. The minimum absolute atomic E-state index is 0.204. The maximum absolute atomic E-state index is 12.8. The van der Waals surface area contributed by atoms with Crippen LogP contribution in [0.5, 0.6) is 17.2 Å². The van der Waals surface area contributed by atoms with Gasteiger partial charge in [-0.05, 0) is 56.2 Å². The summed E-state index contributed by atoms with van der Waals surface area (Å²) >= 11 is 0. The van der Waals surface area contributed by atoms with Crippen LogP contribution in [0.15, 0.2) is 30.3 Å². The molecule has 2 rings (SSSR count). The van der Waals surface area contributed by atoms with Gasteiger partial charge >= 0.3 is 0 Å². The Morgan fingerprint density at radius 1 is 1.00 bits per heavy atom. The number of hydrogen-bond acceptors (Lipinski definition) is 5. The highest BCUT2D eigenvalue weighted by Gasteiger charge is 2.23. The van der Waals surface area contributed by atoms with Crippen molar-refractivity contribution in [3.8, 4) is 17.2 Å². The molecule has 2 N–H and O–H groups in total. The third-order valence-electron chi connectivity index (χ3n) is 3.82. The molecule has 5 nitrogen and oxygen atoms in total. The maximum atomic E-state index is 12.8. The third-order valence-corrected chi connectivity index (χ3v) is 3.82. The van der Waals surface area contributed by atoms with Crippen molar-refractivity contribution in [2.75, 3.05) is 20.0 Å². The summed E-state index contributed by atoms with van der Waals surface area (Å²) in [6.07, 6.45) is -0.712. The van der Waals surface area contributed by atoms with Crippen LogP contribution < -0.4 is 19.9 Å². The molecule has 0 radical (unpaired) electrons. The fraction of sp³-hybridized carbons (Fsp3) is 0.316. The molecule has 0 bridgehead atoms. The second kappa shape index (κ2) is 7.25. The van der Waals surface area contributed by atoms with E-state index < -0.39 is 6.10 Å². The molecule has 0 spiro atoms. The molecular formula is C19H23NO4. The van der Waals surface area contributed by atoms with Gasteiger partial charge in [0.1, 0.15) is 17.2 Å². The summed E-state index contributed by atoms with van der Waals surface area (Å²) < 4.78 is 16.4. The van der Waals surface area contributed by atoms with Crippen LogP contribution in [-0.4, -0.2) is 26.1 Å². The lowest BCUT2D eigenvalue weighted by atomic mass is 10.0. The van der Waals surface area contributed by atoms with Gasteiger partial charge in [-0.1, -0.05) is 6.07 Å². The molecule has 0 aliphatic heterocycles. The molecule has 1 unspecified atom stereocenters. The number of ether oxygens (including phenoxy) is 3. The summed E-state index contributed by atoms with van der Waals surface area (Å²) in [6, 6.07) is 8.91. The lowest BCUT2D eigenvalue weighted by Gasteiger charge is -2.18. The zero-order chi connectivity index (χ0) is 17.9. The van der Waals surface area contributed by atoms with E-state index in [9.17, 15) is 4.79 Å². The van der Waals surface area contributed by atoms with E-state index in [4.69, 9.17) is 19.9 Å². The van der Waals surface area contributed by atoms with Crippen molar-refractivity contribution in [2.24, 2.45) is 0 Å². The standard InChI is InChI=1S/C19H23NO4/c1-11-6-7-16(15(20)8-11)24-13(3)19(21)14-10-17(22-4)12(2)9-18(14)23-5/h6-10,13H,20H2,1-5H3. The molecular weight excluding hydrogens is 306 g/mol. The molecule has 0 aromatic heterocycles. The Morgan fingerprint density at radius 2 is 1.67 bits per heavy atom. The highest BCUT2D eigenvalue weighted by atomic mass is 16.5. The monoisotopic (exact) mass is 329 g/mol. The first-order valence-electron chi connectivity index (χ1n) is 7.67. The molecule has 0 aliphatic carbocycles. The molecule has 0 amide bonds. The zero-order valence-corrected chi connectivity index (χ0v) is 14.7. The first kappa shape index (κ1) is 17.7. The van der Waals surface area contributed by atoms with Gasteiger partial charge in [0.2, 0.25) is 5.78 Å². The Morgan fingerprint density at radius 3 is 2.25 bits per heavy atom. The Bertz CT molecular complexity index is 755. The van der Waals surface area contributed by atoms with Gasteiger partial charge in [0, 0.05) is 0 Å². The predicted molar refractivity (Wildman–Crippen MR) is 94.3 cm³/mol. The van der Waals surface area contributed by atoms with E-state index in [1.165, 1.54) is 7.11 Å². The van der Waals surface area contributed by atoms with Crippen LogP contribution in [0.3, 0.4) is 0 Å².